The molecule has 1 amide bonds. The van der Waals surface area contributed by atoms with Gasteiger partial charge in [-0.3, -0.25) is 9.69 Å². The number of carboxylic acids is 1. The monoisotopic (exact) mass is 251 g/mol. The van der Waals surface area contributed by atoms with Crippen molar-refractivity contribution >= 4 is 11.9 Å². The number of amides is 1. The zero-order valence-corrected chi connectivity index (χ0v) is 9.21. The number of carbonyl (C=O) groups is 2. The molecule has 0 bridgehead atoms. The van der Waals surface area contributed by atoms with Gasteiger partial charge < -0.3 is 10.2 Å². The highest BCUT2D eigenvalue weighted by Gasteiger charge is 2.36. The molecule has 6 heteroatoms. The van der Waals surface area contributed by atoms with Crippen molar-refractivity contribution in [2.24, 2.45) is 0 Å². The second-order valence-corrected chi connectivity index (χ2v) is 3.86. The number of benzene rings is 1. The Bertz CT molecular complexity index is 541. The largest absolute Gasteiger partial charge is 0.507 e. The van der Waals surface area contributed by atoms with E-state index in [-0.39, 0.29) is 17.7 Å². The van der Waals surface area contributed by atoms with Crippen LogP contribution in [0.5, 0.6) is 5.75 Å². The molecule has 1 aromatic carbocycles. The van der Waals surface area contributed by atoms with Crippen LogP contribution < -0.4 is 0 Å². The third kappa shape index (κ3) is 2.04. The highest BCUT2D eigenvalue weighted by Crippen LogP contribution is 2.27. The number of halogens is 1. The van der Waals surface area contributed by atoms with Crippen LogP contribution in [0, 0.1) is 0 Å². The van der Waals surface area contributed by atoms with E-state index in [0.29, 0.717) is 0 Å². The molecule has 94 valence electrons. The summed E-state index contributed by atoms with van der Waals surface area (Å²) in [5.41, 5.74) is -0.0605. The van der Waals surface area contributed by atoms with Crippen LogP contribution in [-0.4, -0.2) is 33.0 Å². The average Bonchev–Trinajstić information content (AvgIpc) is 2.71. The first-order chi connectivity index (χ1) is 8.50. The van der Waals surface area contributed by atoms with E-state index in [4.69, 9.17) is 5.11 Å². The van der Waals surface area contributed by atoms with Crippen molar-refractivity contribution in [1.82, 2.24) is 4.90 Å². The van der Waals surface area contributed by atoms with Crippen LogP contribution in [0.15, 0.2) is 36.3 Å². The van der Waals surface area contributed by atoms with Gasteiger partial charge in [-0.25, -0.2) is 9.18 Å². The lowest BCUT2D eigenvalue weighted by atomic mass is 10.1. The minimum Gasteiger partial charge on any atom is -0.507 e. The lowest BCUT2D eigenvalue weighted by Gasteiger charge is -2.20. The molecule has 0 saturated carbocycles. The molecule has 1 aliphatic heterocycles. The van der Waals surface area contributed by atoms with E-state index >= 15 is 0 Å². The summed E-state index contributed by atoms with van der Waals surface area (Å²) < 4.78 is 13.1. The SMILES string of the molecule is O=C(O)C1CC(F)=CN1C(=O)c1ccccc1O. The summed E-state index contributed by atoms with van der Waals surface area (Å²) in [5, 5.41) is 18.4. The number of carbonyl (C=O) groups excluding carboxylic acids is 1. The molecule has 0 radical (unpaired) electrons. The number of phenols is 1. The van der Waals surface area contributed by atoms with Crippen LogP contribution in [0.4, 0.5) is 4.39 Å². The van der Waals surface area contributed by atoms with Crippen LogP contribution in [0.25, 0.3) is 0 Å². The molecule has 0 spiro atoms. The van der Waals surface area contributed by atoms with Crippen LogP contribution in [0.1, 0.15) is 16.8 Å². The molecule has 0 aromatic heterocycles. The molecule has 2 rings (SSSR count). The van der Waals surface area contributed by atoms with Gasteiger partial charge in [-0.15, -0.1) is 0 Å². The van der Waals surface area contributed by atoms with Crippen molar-refractivity contribution in [2.75, 3.05) is 0 Å². The summed E-state index contributed by atoms with van der Waals surface area (Å²) in [6, 6.07) is 4.44. The lowest BCUT2D eigenvalue weighted by molar-refractivity contribution is -0.141. The maximum Gasteiger partial charge on any atom is 0.327 e. The predicted molar refractivity (Wildman–Crippen MR) is 59.5 cm³/mol. The fourth-order valence-electron chi connectivity index (χ4n) is 1.78. The van der Waals surface area contributed by atoms with Crippen molar-refractivity contribution < 1.29 is 24.2 Å². The minimum atomic E-state index is -1.29. The molecular weight excluding hydrogens is 241 g/mol. The second kappa shape index (κ2) is 4.48. The summed E-state index contributed by atoms with van der Waals surface area (Å²) >= 11 is 0. The second-order valence-electron chi connectivity index (χ2n) is 3.86. The first-order valence-electron chi connectivity index (χ1n) is 5.20. The van der Waals surface area contributed by atoms with Gasteiger partial charge >= 0.3 is 5.97 Å². The number of aromatic hydroxyl groups is 1. The van der Waals surface area contributed by atoms with Gasteiger partial charge in [-0.1, -0.05) is 12.1 Å². The number of phenolic OH excluding ortho intramolecular Hbond substituents is 1. The maximum atomic E-state index is 13.1. The Morgan fingerprint density at radius 1 is 1.33 bits per heavy atom. The van der Waals surface area contributed by atoms with Gasteiger partial charge in [-0.2, -0.15) is 0 Å². The van der Waals surface area contributed by atoms with Gasteiger partial charge in [0.15, 0.2) is 0 Å². The molecule has 1 aromatic rings. The number of rotatable bonds is 2. The van der Waals surface area contributed by atoms with Crippen LogP contribution >= 0.6 is 0 Å². The fraction of sp³-hybridized carbons (Fsp3) is 0.167. The van der Waals surface area contributed by atoms with E-state index in [2.05, 4.69) is 0 Å². The van der Waals surface area contributed by atoms with Crippen LogP contribution in [-0.2, 0) is 4.79 Å². The Kier molecular flexibility index (Phi) is 3.01. The van der Waals surface area contributed by atoms with Gasteiger partial charge in [0.1, 0.15) is 17.6 Å². The van der Waals surface area contributed by atoms with Crippen molar-refractivity contribution in [3.63, 3.8) is 0 Å². The van der Waals surface area contributed by atoms with Crippen molar-refractivity contribution in [3.05, 3.63) is 41.9 Å². The van der Waals surface area contributed by atoms with Gasteiger partial charge in [0.2, 0.25) is 0 Å². The Labute approximate surface area is 102 Å². The molecule has 1 aliphatic rings. The fourth-order valence-corrected chi connectivity index (χ4v) is 1.78. The van der Waals surface area contributed by atoms with E-state index in [0.717, 1.165) is 11.1 Å². The number of para-hydroxylation sites is 1. The predicted octanol–water partition coefficient (Wildman–Crippen LogP) is 1.50. The third-order valence-corrected chi connectivity index (χ3v) is 2.66. The quantitative estimate of drug-likeness (QED) is 0.835. The highest BCUT2D eigenvalue weighted by molar-refractivity contribution is 5.99. The zero-order chi connectivity index (χ0) is 13.3. The summed E-state index contributed by atoms with van der Waals surface area (Å²) in [6.45, 7) is 0. The molecule has 1 atom stereocenters. The molecule has 5 nitrogen and oxygen atoms in total. The third-order valence-electron chi connectivity index (χ3n) is 2.66. The van der Waals surface area contributed by atoms with Crippen molar-refractivity contribution in [3.8, 4) is 5.75 Å². The Morgan fingerprint density at radius 3 is 2.61 bits per heavy atom. The Balaban J connectivity index is 2.34. The number of hydrogen-bond acceptors (Lipinski definition) is 3. The van der Waals surface area contributed by atoms with E-state index in [1.807, 2.05) is 0 Å². The number of aliphatic carboxylic acids is 1. The normalized spacial score (nSPS) is 18.6. The first kappa shape index (κ1) is 12.1. The van der Waals surface area contributed by atoms with E-state index in [9.17, 15) is 19.1 Å². The van der Waals surface area contributed by atoms with Crippen molar-refractivity contribution in [2.45, 2.75) is 12.5 Å². The Hall–Kier alpha value is -2.37. The smallest absolute Gasteiger partial charge is 0.327 e. The molecular formula is C12H10FNO4. The van der Waals surface area contributed by atoms with E-state index in [1.54, 1.807) is 0 Å². The van der Waals surface area contributed by atoms with Gasteiger partial charge in [0.05, 0.1) is 5.56 Å². The summed E-state index contributed by atoms with van der Waals surface area (Å²) in [7, 11) is 0. The van der Waals surface area contributed by atoms with Crippen molar-refractivity contribution in [1.29, 1.82) is 0 Å². The zero-order valence-electron chi connectivity index (χ0n) is 9.21. The standard InChI is InChI=1S/C12H10FNO4/c13-7-5-9(12(17)18)14(6-7)11(16)8-3-1-2-4-10(8)15/h1-4,6,9,15H,5H2,(H,17,18). The molecule has 18 heavy (non-hydrogen) atoms. The average molecular weight is 251 g/mol. The highest BCUT2D eigenvalue weighted by atomic mass is 19.1. The summed E-state index contributed by atoms with van der Waals surface area (Å²) in [5.74, 6) is -2.98. The molecule has 1 unspecified atom stereocenters. The lowest BCUT2D eigenvalue weighted by Crippen LogP contribution is -2.38. The van der Waals surface area contributed by atoms with Crippen LogP contribution in [0.3, 0.4) is 0 Å². The molecule has 1 heterocycles. The molecule has 0 fully saturated rings. The number of nitrogens with zero attached hydrogens (tertiary/aromatic N) is 1. The van der Waals surface area contributed by atoms with Gasteiger partial charge in [0.25, 0.3) is 5.91 Å². The first-order valence-corrected chi connectivity index (χ1v) is 5.20. The van der Waals surface area contributed by atoms with E-state index < -0.39 is 23.7 Å². The summed E-state index contributed by atoms with van der Waals surface area (Å²) in [6.07, 6.45) is 0.502. The van der Waals surface area contributed by atoms with Gasteiger partial charge in [0, 0.05) is 12.6 Å². The molecule has 0 aliphatic carbocycles. The number of hydrogen-bond donors (Lipinski definition) is 2. The minimum absolute atomic E-state index is 0.0605. The number of carboxylic acid groups (broad SMARTS) is 1. The van der Waals surface area contributed by atoms with Gasteiger partial charge in [-0.05, 0) is 12.1 Å². The van der Waals surface area contributed by atoms with Crippen LogP contribution in [0.2, 0.25) is 0 Å². The topological polar surface area (TPSA) is 77.8 Å². The molecule has 0 saturated heterocycles. The summed E-state index contributed by atoms with van der Waals surface area (Å²) in [4.78, 5) is 23.7. The Morgan fingerprint density at radius 2 is 2.00 bits per heavy atom. The maximum absolute atomic E-state index is 13.1. The van der Waals surface area contributed by atoms with E-state index in [1.165, 1.54) is 24.3 Å². The molecule has 2 N–H and O–H groups in total.